The molecule has 0 radical (unpaired) electrons. The van der Waals surface area contributed by atoms with Gasteiger partial charge in [0.1, 0.15) is 0 Å². The standard InChI is InChI=1S/C13H17ClN2O3S/c1-19-7-6-15-13(18)16-12(17)9-20-8-10-2-4-11(14)5-3-10/h2-5H,6-9H2,1H3,(H2,15,16,17,18). The van der Waals surface area contributed by atoms with E-state index in [0.717, 1.165) is 5.56 Å². The van der Waals surface area contributed by atoms with Crippen LogP contribution in [0.25, 0.3) is 0 Å². The third kappa shape index (κ3) is 7.37. The molecule has 2 N–H and O–H groups in total. The monoisotopic (exact) mass is 316 g/mol. The number of methoxy groups -OCH3 is 1. The number of hydrogen-bond donors (Lipinski definition) is 2. The highest BCUT2D eigenvalue weighted by atomic mass is 35.5. The van der Waals surface area contributed by atoms with Gasteiger partial charge in [-0.05, 0) is 17.7 Å². The summed E-state index contributed by atoms with van der Waals surface area (Å²) in [7, 11) is 1.54. The Morgan fingerprint density at radius 1 is 1.30 bits per heavy atom. The average Bonchev–Trinajstić information content (AvgIpc) is 2.41. The molecule has 0 saturated carbocycles. The number of urea groups is 1. The topological polar surface area (TPSA) is 67.4 Å². The van der Waals surface area contributed by atoms with Crippen molar-refractivity contribution >= 4 is 35.3 Å². The molecule has 0 spiro atoms. The molecule has 0 fully saturated rings. The predicted molar refractivity (Wildman–Crippen MR) is 81.0 cm³/mol. The normalized spacial score (nSPS) is 10.1. The van der Waals surface area contributed by atoms with Crippen LogP contribution in [0, 0.1) is 0 Å². The summed E-state index contributed by atoms with van der Waals surface area (Å²) in [5.41, 5.74) is 1.08. The molecule has 0 aliphatic heterocycles. The lowest BCUT2D eigenvalue weighted by Gasteiger charge is -2.06. The fourth-order valence-corrected chi connectivity index (χ4v) is 2.23. The molecule has 3 amide bonds. The van der Waals surface area contributed by atoms with Crippen molar-refractivity contribution in [1.82, 2.24) is 10.6 Å². The Labute approximate surface area is 127 Å². The highest BCUT2D eigenvalue weighted by Crippen LogP contribution is 2.15. The Bertz CT molecular complexity index is 440. The number of ether oxygens (including phenoxy) is 1. The zero-order chi connectivity index (χ0) is 14.8. The summed E-state index contributed by atoms with van der Waals surface area (Å²) >= 11 is 7.21. The van der Waals surface area contributed by atoms with Gasteiger partial charge in [-0.3, -0.25) is 10.1 Å². The van der Waals surface area contributed by atoms with Crippen molar-refractivity contribution in [3.05, 3.63) is 34.9 Å². The van der Waals surface area contributed by atoms with Crippen LogP contribution in [0.15, 0.2) is 24.3 Å². The Hall–Kier alpha value is -1.24. The first-order valence-electron chi connectivity index (χ1n) is 6.00. The molecule has 0 aliphatic carbocycles. The zero-order valence-corrected chi connectivity index (χ0v) is 12.7. The van der Waals surface area contributed by atoms with Crippen molar-refractivity contribution in [1.29, 1.82) is 0 Å². The number of hydrogen-bond acceptors (Lipinski definition) is 4. The second-order valence-corrected chi connectivity index (χ2v) is 5.34. The smallest absolute Gasteiger partial charge is 0.321 e. The van der Waals surface area contributed by atoms with E-state index in [1.165, 1.54) is 18.9 Å². The van der Waals surface area contributed by atoms with Crippen LogP contribution < -0.4 is 10.6 Å². The minimum atomic E-state index is -0.501. The predicted octanol–water partition coefficient (Wildman–Crippen LogP) is 2.05. The van der Waals surface area contributed by atoms with Gasteiger partial charge in [-0.2, -0.15) is 0 Å². The lowest BCUT2D eigenvalue weighted by molar-refractivity contribution is -0.117. The van der Waals surface area contributed by atoms with Crippen molar-refractivity contribution in [2.24, 2.45) is 0 Å². The first-order chi connectivity index (χ1) is 9.61. The maximum Gasteiger partial charge on any atom is 0.321 e. The molecular weight excluding hydrogens is 300 g/mol. The van der Waals surface area contributed by atoms with E-state index in [1.807, 2.05) is 12.1 Å². The lowest BCUT2D eigenvalue weighted by atomic mass is 10.2. The van der Waals surface area contributed by atoms with E-state index in [2.05, 4.69) is 10.6 Å². The minimum Gasteiger partial charge on any atom is -0.383 e. The van der Waals surface area contributed by atoms with Crippen molar-refractivity contribution in [3.63, 3.8) is 0 Å². The average molecular weight is 317 g/mol. The second kappa shape index (κ2) is 9.63. The summed E-state index contributed by atoms with van der Waals surface area (Å²) in [5.74, 6) is 0.592. The fourth-order valence-electron chi connectivity index (χ4n) is 1.32. The molecule has 1 rings (SSSR count). The van der Waals surface area contributed by atoms with Crippen molar-refractivity contribution < 1.29 is 14.3 Å². The molecule has 0 unspecified atom stereocenters. The molecule has 0 aliphatic rings. The summed E-state index contributed by atoms with van der Waals surface area (Å²) in [6.07, 6.45) is 0. The number of thioether (sulfide) groups is 1. The molecule has 1 aromatic rings. The lowest BCUT2D eigenvalue weighted by Crippen LogP contribution is -2.41. The van der Waals surface area contributed by atoms with Crippen molar-refractivity contribution in [3.8, 4) is 0 Å². The van der Waals surface area contributed by atoms with E-state index in [0.29, 0.717) is 23.9 Å². The number of nitrogens with one attached hydrogen (secondary N) is 2. The third-order valence-corrected chi connectivity index (χ3v) is 3.52. The second-order valence-electron chi connectivity index (χ2n) is 3.92. The molecular formula is C13H17ClN2O3S. The minimum absolute atomic E-state index is 0.223. The SMILES string of the molecule is COCCNC(=O)NC(=O)CSCc1ccc(Cl)cc1. The molecule has 0 atom stereocenters. The van der Waals surface area contributed by atoms with Gasteiger partial charge in [0.25, 0.3) is 0 Å². The van der Waals surface area contributed by atoms with E-state index >= 15 is 0 Å². The van der Waals surface area contributed by atoms with Crippen LogP contribution in [-0.4, -0.2) is 38.0 Å². The highest BCUT2D eigenvalue weighted by molar-refractivity contribution is 7.99. The Kier molecular flexibility index (Phi) is 8.10. The molecule has 110 valence electrons. The molecule has 0 bridgehead atoms. The Balaban J connectivity index is 2.16. The number of rotatable bonds is 7. The van der Waals surface area contributed by atoms with Crippen LogP contribution in [-0.2, 0) is 15.3 Å². The summed E-state index contributed by atoms with van der Waals surface area (Å²) < 4.78 is 4.78. The van der Waals surface area contributed by atoms with Crippen molar-refractivity contribution in [2.75, 3.05) is 26.0 Å². The first-order valence-corrected chi connectivity index (χ1v) is 7.54. The molecule has 0 saturated heterocycles. The number of carbonyl (C=O) groups excluding carboxylic acids is 2. The number of benzene rings is 1. The van der Waals surface area contributed by atoms with E-state index < -0.39 is 6.03 Å². The van der Waals surface area contributed by atoms with Gasteiger partial charge in [-0.15, -0.1) is 11.8 Å². The third-order valence-electron chi connectivity index (χ3n) is 2.26. The van der Waals surface area contributed by atoms with Gasteiger partial charge in [0.2, 0.25) is 5.91 Å². The Morgan fingerprint density at radius 2 is 2.00 bits per heavy atom. The van der Waals surface area contributed by atoms with Gasteiger partial charge in [0.05, 0.1) is 12.4 Å². The van der Waals surface area contributed by atoms with Gasteiger partial charge >= 0.3 is 6.03 Å². The number of imide groups is 1. The summed E-state index contributed by atoms with van der Waals surface area (Å²) in [6, 6.07) is 6.93. The quantitative estimate of drug-likeness (QED) is 0.756. The maximum atomic E-state index is 11.5. The zero-order valence-electron chi connectivity index (χ0n) is 11.1. The molecule has 0 aromatic heterocycles. The van der Waals surface area contributed by atoms with Gasteiger partial charge in [0.15, 0.2) is 0 Å². The number of amides is 3. The van der Waals surface area contributed by atoms with Crippen LogP contribution in [0.5, 0.6) is 0 Å². The van der Waals surface area contributed by atoms with Crippen LogP contribution >= 0.6 is 23.4 Å². The number of carbonyl (C=O) groups is 2. The highest BCUT2D eigenvalue weighted by Gasteiger charge is 2.07. The van der Waals surface area contributed by atoms with E-state index in [-0.39, 0.29) is 11.7 Å². The van der Waals surface area contributed by atoms with Crippen LogP contribution in [0.4, 0.5) is 4.79 Å². The van der Waals surface area contributed by atoms with E-state index in [9.17, 15) is 9.59 Å². The molecule has 20 heavy (non-hydrogen) atoms. The van der Waals surface area contributed by atoms with Gasteiger partial charge in [-0.25, -0.2) is 4.79 Å². The largest absolute Gasteiger partial charge is 0.383 e. The van der Waals surface area contributed by atoms with Crippen LogP contribution in [0.3, 0.4) is 0 Å². The fraction of sp³-hybridized carbons (Fsp3) is 0.385. The molecule has 5 nitrogen and oxygen atoms in total. The first kappa shape index (κ1) is 16.8. The van der Waals surface area contributed by atoms with Gasteiger partial charge in [-0.1, -0.05) is 23.7 Å². The molecule has 7 heteroatoms. The molecule has 0 heterocycles. The van der Waals surface area contributed by atoms with Gasteiger partial charge < -0.3 is 10.1 Å². The van der Waals surface area contributed by atoms with Gasteiger partial charge in [0, 0.05) is 24.4 Å². The van der Waals surface area contributed by atoms with E-state index in [1.54, 1.807) is 12.1 Å². The summed E-state index contributed by atoms with van der Waals surface area (Å²) in [5, 5.41) is 5.44. The molecule has 1 aromatic carbocycles. The summed E-state index contributed by atoms with van der Waals surface area (Å²) in [4.78, 5) is 22.8. The van der Waals surface area contributed by atoms with Crippen molar-refractivity contribution in [2.45, 2.75) is 5.75 Å². The maximum absolute atomic E-state index is 11.5. The Morgan fingerprint density at radius 3 is 2.65 bits per heavy atom. The van der Waals surface area contributed by atoms with Crippen LogP contribution in [0.1, 0.15) is 5.56 Å². The number of halogens is 1. The summed E-state index contributed by atoms with van der Waals surface area (Å²) in [6.45, 7) is 0.778. The van der Waals surface area contributed by atoms with Crippen LogP contribution in [0.2, 0.25) is 5.02 Å². The van der Waals surface area contributed by atoms with E-state index in [4.69, 9.17) is 16.3 Å².